The van der Waals surface area contributed by atoms with E-state index in [1.165, 1.54) is 4.88 Å². The van der Waals surface area contributed by atoms with Crippen LogP contribution in [0.1, 0.15) is 32.1 Å². The van der Waals surface area contributed by atoms with Crippen LogP contribution in [-0.2, 0) is 6.54 Å². The van der Waals surface area contributed by atoms with E-state index in [2.05, 4.69) is 37.5 Å². The Morgan fingerprint density at radius 1 is 1.25 bits per heavy atom. The summed E-state index contributed by atoms with van der Waals surface area (Å²) in [5.41, 5.74) is 0.223. The summed E-state index contributed by atoms with van der Waals surface area (Å²) in [6.45, 7) is 9.59. The summed E-state index contributed by atoms with van der Waals surface area (Å²) < 4.78 is 0.867. The summed E-state index contributed by atoms with van der Waals surface area (Å²) in [5.74, 6) is 0. The Balaban J connectivity index is 2.00. The Morgan fingerprint density at radius 3 is 2.56 bits per heavy atom. The summed E-state index contributed by atoms with van der Waals surface area (Å²) in [4.78, 5) is 1.30. The minimum Gasteiger partial charge on any atom is -0.312 e. The van der Waals surface area contributed by atoms with Crippen LogP contribution < -0.4 is 10.6 Å². The molecule has 0 bridgehead atoms. The van der Waals surface area contributed by atoms with E-state index in [0.29, 0.717) is 0 Å². The van der Waals surface area contributed by atoms with Crippen molar-refractivity contribution in [2.75, 3.05) is 13.1 Å². The fourth-order valence-corrected chi connectivity index (χ4v) is 2.39. The van der Waals surface area contributed by atoms with E-state index in [4.69, 9.17) is 11.6 Å². The third kappa shape index (κ3) is 6.48. The van der Waals surface area contributed by atoms with Crippen LogP contribution in [0.3, 0.4) is 0 Å². The topological polar surface area (TPSA) is 24.1 Å². The summed E-state index contributed by atoms with van der Waals surface area (Å²) in [5, 5.41) is 6.88. The number of thiophene rings is 1. The molecule has 16 heavy (non-hydrogen) atoms. The highest BCUT2D eigenvalue weighted by Crippen LogP contribution is 2.20. The van der Waals surface area contributed by atoms with Gasteiger partial charge in [0, 0.05) is 17.0 Å². The average molecular weight is 261 g/mol. The Morgan fingerprint density at radius 2 is 2.00 bits per heavy atom. The van der Waals surface area contributed by atoms with Gasteiger partial charge in [-0.15, -0.1) is 11.3 Å². The van der Waals surface area contributed by atoms with Crippen molar-refractivity contribution in [1.29, 1.82) is 0 Å². The SMILES string of the molecule is CC(C)(C)NCCCNCc1ccc(Cl)s1. The second-order valence-electron chi connectivity index (χ2n) is 4.91. The molecular formula is C12H21ClN2S. The van der Waals surface area contributed by atoms with Crippen molar-refractivity contribution in [3.05, 3.63) is 21.3 Å². The molecule has 0 saturated carbocycles. The Kier molecular flexibility index (Phi) is 5.76. The molecule has 2 nitrogen and oxygen atoms in total. The highest BCUT2D eigenvalue weighted by molar-refractivity contribution is 7.16. The minimum absolute atomic E-state index is 0.223. The number of nitrogens with one attached hydrogen (secondary N) is 2. The van der Waals surface area contributed by atoms with Gasteiger partial charge >= 0.3 is 0 Å². The molecule has 1 aromatic rings. The van der Waals surface area contributed by atoms with Crippen LogP contribution in [0.4, 0.5) is 0 Å². The maximum atomic E-state index is 5.85. The number of hydrogen-bond donors (Lipinski definition) is 2. The van der Waals surface area contributed by atoms with Crippen molar-refractivity contribution in [3.63, 3.8) is 0 Å². The molecule has 0 unspecified atom stereocenters. The highest BCUT2D eigenvalue weighted by atomic mass is 35.5. The first-order valence-corrected chi connectivity index (χ1v) is 6.87. The van der Waals surface area contributed by atoms with Gasteiger partial charge in [-0.3, -0.25) is 0 Å². The van der Waals surface area contributed by atoms with E-state index in [0.717, 1.165) is 30.4 Å². The molecule has 0 spiro atoms. The second-order valence-corrected chi connectivity index (χ2v) is 6.71. The normalized spacial score (nSPS) is 12.0. The molecular weight excluding hydrogens is 240 g/mol. The molecule has 92 valence electrons. The van der Waals surface area contributed by atoms with Crippen LogP contribution in [0.5, 0.6) is 0 Å². The molecule has 0 aliphatic heterocycles. The molecule has 2 N–H and O–H groups in total. The van der Waals surface area contributed by atoms with E-state index >= 15 is 0 Å². The van der Waals surface area contributed by atoms with Gasteiger partial charge in [0.15, 0.2) is 0 Å². The van der Waals surface area contributed by atoms with Gasteiger partial charge in [-0.2, -0.15) is 0 Å². The van der Waals surface area contributed by atoms with Crippen LogP contribution in [-0.4, -0.2) is 18.6 Å². The van der Waals surface area contributed by atoms with E-state index in [-0.39, 0.29) is 5.54 Å². The summed E-state index contributed by atoms with van der Waals surface area (Å²) in [6, 6.07) is 4.03. The van der Waals surface area contributed by atoms with Crippen molar-refractivity contribution in [2.24, 2.45) is 0 Å². The van der Waals surface area contributed by atoms with Crippen LogP contribution in [0.25, 0.3) is 0 Å². The van der Waals surface area contributed by atoms with Gasteiger partial charge in [0.25, 0.3) is 0 Å². The van der Waals surface area contributed by atoms with Crippen LogP contribution >= 0.6 is 22.9 Å². The zero-order valence-electron chi connectivity index (χ0n) is 10.3. The maximum absolute atomic E-state index is 5.85. The predicted molar refractivity (Wildman–Crippen MR) is 73.4 cm³/mol. The third-order valence-corrected chi connectivity index (χ3v) is 3.34. The fraction of sp³-hybridized carbons (Fsp3) is 0.667. The Labute approximate surface area is 107 Å². The third-order valence-electron chi connectivity index (χ3n) is 2.11. The van der Waals surface area contributed by atoms with Crippen LogP contribution in [0.15, 0.2) is 12.1 Å². The molecule has 0 fully saturated rings. The smallest absolute Gasteiger partial charge is 0.0931 e. The molecule has 1 rings (SSSR count). The molecule has 4 heteroatoms. The van der Waals surface area contributed by atoms with Crippen molar-refractivity contribution in [3.8, 4) is 0 Å². The molecule has 1 aromatic heterocycles. The van der Waals surface area contributed by atoms with Crippen molar-refractivity contribution >= 4 is 22.9 Å². The molecule has 0 aliphatic rings. The quantitative estimate of drug-likeness (QED) is 0.768. The lowest BCUT2D eigenvalue weighted by Crippen LogP contribution is -2.37. The average Bonchev–Trinajstić information content (AvgIpc) is 2.56. The van der Waals surface area contributed by atoms with E-state index in [9.17, 15) is 0 Å². The summed E-state index contributed by atoms with van der Waals surface area (Å²) in [7, 11) is 0. The zero-order chi connectivity index (χ0) is 12.0. The highest BCUT2D eigenvalue weighted by Gasteiger charge is 2.06. The van der Waals surface area contributed by atoms with Gasteiger partial charge in [-0.05, 0) is 52.4 Å². The first-order chi connectivity index (χ1) is 7.47. The van der Waals surface area contributed by atoms with Crippen molar-refractivity contribution < 1.29 is 0 Å². The van der Waals surface area contributed by atoms with Gasteiger partial charge in [-0.25, -0.2) is 0 Å². The first-order valence-electron chi connectivity index (χ1n) is 5.67. The van der Waals surface area contributed by atoms with Crippen LogP contribution in [0, 0.1) is 0 Å². The molecule has 0 aromatic carbocycles. The Bertz CT molecular complexity index is 304. The van der Waals surface area contributed by atoms with E-state index in [1.807, 2.05) is 6.07 Å². The Hall–Kier alpha value is -0.0900. The van der Waals surface area contributed by atoms with Gasteiger partial charge in [0.1, 0.15) is 0 Å². The van der Waals surface area contributed by atoms with Crippen molar-refractivity contribution in [2.45, 2.75) is 39.3 Å². The maximum Gasteiger partial charge on any atom is 0.0931 e. The van der Waals surface area contributed by atoms with E-state index in [1.54, 1.807) is 11.3 Å². The monoisotopic (exact) mass is 260 g/mol. The number of hydrogen-bond acceptors (Lipinski definition) is 3. The molecule has 0 radical (unpaired) electrons. The largest absolute Gasteiger partial charge is 0.312 e. The van der Waals surface area contributed by atoms with Crippen molar-refractivity contribution in [1.82, 2.24) is 10.6 Å². The summed E-state index contributed by atoms with van der Waals surface area (Å²) >= 11 is 7.50. The second kappa shape index (κ2) is 6.60. The molecule has 0 aliphatic carbocycles. The van der Waals surface area contributed by atoms with Gasteiger partial charge in [0.2, 0.25) is 0 Å². The van der Waals surface area contributed by atoms with Gasteiger partial charge in [-0.1, -0.05) is 11.6 Å². The lowest BCUT2D eigenvalue weighted by molar-refractivity contribution is 0.418. The lowest BCUT2D eigenvalue weighted by atomic mass is 10.1. The molecule has 0 atom stereocenters. The first kappa shape index (κ1) is 14.0. The van der Waals surface area contributed by atoms with Gasteiger partial charge < -0.3 is 10.6 Å². The van der Waals surface area contributed by atoms with Gasteiger partial charge in [0.05, 0.1) is 4.34 Å². The molecule has 0 amide bonds. The zero-order valence-corrected chi connectivity index (χ0v) is 11.8. The standard InChI is InChI=1S/C12H21ClN2S/c1-12(2,3)15-8-4-7-14-9-10-5-6-11(13)16-10/h5-6,14-15H,4,7-9H2,1-3H3. The molecule has 1 heterocycles. The van der Waals surface area contributed by atoms with E-state index < -0.39 is 0 Å². The fourth-order valence-electron chi connectivity index (χ4n) is 1.34. The van der Waals surface area contributed by atoms with Crippen LogP contribution in [0.2, 0.25) is 4.34 Å². The number of halogens is 1. The minimum atomic E-state index is 0.223. The number of rotatable bonds is 6. The summed E-state index contributed by atoms with van der Waals surface area (Å²) in [6.07, 6.45) is 1.15. The molecule has 0 saturated heterocycles. The predicted octanol–water partition coefficient (Wildman–Crippen LogP) is 3.27. The lowest BCUT2D eigenvalue weighted by Gasteiger charge is -2.20.